The van der Waals surface area contributed by atoms with Crippen molar-refractivity contribution in [1.82, 2.24) is 0 Å². The molecule has 0 amide bonds. The second-order valence-electron chi connectivity index (χ2n) is 26.2. The molecule has 3 saturated carbocycles. The summed E-state index contributed by atoms with van der Waals surface area (Å²) in [6.45, 7) is 42.8. The van der Waals surface area contributed by atoms with Gasteiger partial charge in [0, 0.05) is 34.1 Å². The second kappa shape index (κ2) is 13.6. The van der Waals surface area contributed by atoms with Gasteiger partial charge in [-0.15, -0.1) is 0 Å². The molecule has 62 heavy (non-hydrogen) atoms. The SMILES string of the molecule is CC(C)(C)c1cc(N2c3cc(C(C)(C)C)ccc3B3c4ccc(C(C)(C)C)cc4N(c4cc(C(C)(C)C)cc(C(C)(C)C)c4)c4cc(C5C6CC5C6)cc2c43)cc(C(C)(C)C)c1. The van der Waals surface area contributed by atoms with Gasteiger partial charge in [0.2, 0.25) is 0 Å². The van der Waals surface area contributed by atoms with Crippen LogP contribution in [0.1, 0.15) is 182 Å². The molecule has 2 bridgehead atoms. The highest BCUT2D eigenvalue weighted by atomic mass is 15.2. The van der Waals surface area contributed by atoms with Gasteiger partial charge in [0.1, 0.15) is 0 Å². The van der Waals surface area contributed by atoms with Crippen LogP contribution in [-0.4, -0.2) is 6.71 Å². The Morgan fingerprint density at radius 3 is 0.968 bits per heavy atom. The highest BCUT2D eigenvalue weighted by Crippen LogP contribution is 2.64. The fourth-order valence-corrected chi connectivity index (χ4v) is 10.7. The van der Waals surface area contributed by atoms with Gasteiger partial charge in [-0.3, -0.25) is 0 Å². The average molecular weight is 823 g/mol. The third-order valence-corrected chi connectivity index (χ3v) is 15.3. The van der Waals surface area contributed by atoms with Gasteiger partial charge in [-0.2, -0.15) is 0 Å². The van der Waals surface area contributed by atoms with Crippen LogP contribution >= 0.6 is 0 Å². The van der Waals surface area contributed by atoms with Crippen LogP contribution in [0.25, 0.3) is 0 Å². The normalized spacial score (nSPS) is 19.7. The van der Waals surface area contributed by atoms with Crippen LogP contribution in [0.15, 0.2) is 84.9 Å². The number of fused-ring (bicyclic) bond motifs is 4. The zero-order valence-electron chi connectivity index (χ0n) is 41.7. The van der Waals surface area contributed by atoms with E-state index in [2.05, 4.69) is 219 Å². The van der Waals surface area contributed by atoms with Crippen LogP contribution in [0, 0.1) is 11.8 Å². The van der Waals surface area contributed by atoms with Crippen molar-refractivity contribution in [2.75, 3.05) is 9.80 Å². The number of hydrogen-bond acceptors (Lipinski definition) is 2. The fraction of sp³-hybridized carbons (Fsp3) is 0.492. The molecule has 3 fully saturated rings. The standard InChI is InChI=1S/C59H75BN2/c1-54(2,3)38-19-21-46-48(33-38)61(44-29-40(56(7,8)9)27-41(30-44)57(10,11)12)50-25-37(52-35-23-36(52)24-35)26-51-53(50)60(46)47-22-20-39(55(4,5)6)34-49(47)62(51)45-31-42(58(13,14)15)28-43(32-45)59(16,17)18/h19-22,25-36,52H,23-24H2,1-18H3. The molecule has 10 rings (SSSR count). The van der Waals surface area contributed by atoms with Crippen molar-refractivity contribution in [1.29, 1.82) is 0 Å². The van der Waals surface area contributed by atoms with E-state index in [0.29, 0.717) is 5.92 Å². The van der Waals surface area contributed by atoms with Gasteiger partial charge < -0.3 is 9.80 Å². The fourth-order valence-electron chi connectivity index (χ4n) is 10.7. The summed E-state index contributed by atoms with van der Waals surface area (Å²) in [4.78, 5) is 5.44. The number of hydrogen-bond donors (Lipinski definition) is 0. The smallest absolute Gasteiger partial charge is 0.252 e. The molecule has 5 aromatic rings. The van der Waals surface area contributed by atoms with E-state index in [4.69, 9.17) is 0 Å². The average Bonchev–Trinajstić information content (AvgIpc) is 3.10. The summed E-state index contributed by atoms with van der Waals surface area (Å²) < 4.78 is 0. The summed E-state index contributed by atoms with van der Waals surface area (Å²) in [5.41, 5.74) is 21.9. The van der Waals surface area contributed by atoms with Crippen LogP contribution in [0.5, 0.6) is 0 Å². The van der Waals surface area contributed by atoms with Gasteiger partial charge in [-0.05, 0) is 167 Å². The lowest BCUT2D eigenvalue weighted by atomic mass is 9.33. The highest BCUT2D eigenvalue weighted by Gasteiger charge is 2.54. The number of benzene rings is 5. The molecule has 2 nitrogen and oxygen atoms in total. The van der Waals surface area contributed by atoms with E-state index in [1.807, 2.05) is 0 Å². The lowest BCUT2D eigenvalue weighted by molar-refractivity contribution is -0.0231. The minimum Gasteiger partial charge on any atom is -0.311 e. The summed E-state index contributed by atoms with van der Waals surface area (Å²) in [5.74, 6) is 2.21. The number of nitrogens with zero attached hydrogens (tertiary/aromatic N) is 2. The van der Waals surface area contributed by atoms with E-state index in [1.165, 1.54) is 102 Å². The molecular formula is C59H75BN2. The maximum atomic E-state index is 2.72. The first-order valence-electron chi connectivity index (χ1n) is 23.9. The van der Waals surface area contributed by atoms with Crippen molar-refractivity contribution in [3.8, 4) is 0 Å². The Kier molecular flexibility index (Phi) is 9.47. The molecule has 5 aromatic carbocycles. The zero-order chi connectivity index (χ0) is 45.0. The van der Waals surface area contributed by atoms with Gasteiger partial charge in [0.25, 0.3) is 6.71 Å². The molecule has 3 heteroatoms. The third kappa shape index (κ3) is 7.07. The predicted octanol–water partition coefficient (Wildman–Crippen LogP) is 14.7. The Morgan fingerprint density at radius 2 is 0.694 bits per heavy atom. The Bertz CT molecular complexity index is 2370. The minimum absolute atomic E-state index is 0.00324. The Hall–Kier alpha value is -4.24. The molecule has 0 atom stereocenters. The molecule has 2 heterocycles. The first-order chi connectivity index (χ1) is 28.5. The van der Waals surface area contributed by atoms with E-state index >= 15 is 0 Å². The van der Waals surface area contributed by atoms with Crippen LogP contribution in [0.4, 0.5) is 34.1 Å². The van der Waals surface area contributed by atoms with Crippen LogP contribution in [0.2, 0.25) is 0 Å². The summed E-state index contributed by atoms with van der Waals surface area (Å²) in [7, 11) is 0. The van der Waals surface area contributed by atoms with Gasteiger partial charge in [-0.1, -0.05) is 161 Å². The van der Waals surface area contributed by atoms with Gasteiger partial charge in [0.15, 0.2) is 0 Å². The molecule has 3 aliphatic carbocycles. The quantitative estimate of drug-likeness (QED) is 0.164. The Morgan fingerprint density at radius 1 is 0.371 bits per heavy atom. The first kappa shape index (κ1) is 43.0. The maximum Gasteiger partial charge on any atom is 0.252 e. The van der Waals surface area contributed by atoms with Crippen molar-refractivity contribution in [2.24, 2.45) is 11.8 Å². The van der Waals surface area contributed by atoms with Crippen molar-refractivity contribution in [3.05, 3.63) is 124 Å². The largest absolute Gasteiger partial charge is 0.311 e. The molecule has 0 spiro atoms. The Labute approximate surface area is 377 Å². The monoisotopic (exact) mass is 823 g/mol. The molecule has 0 saturated heterocycles. The lowest BCUT2D eigenvalue weighted by Crippen LogP contribution is -2.61. The van der Waals surface area contributed by atoms with Gasteiger partial charge in [-0.25, -0.2) is 0 Å². The summed E-state index contributed by atoms with van der Waals surface area (Å²) in [5, 5.41) is 0. The topological polar surface area (TPSA) is 6.48 Å². The van der Waals surface area contributed by atoms with E-state index in [-0.39, 0.29) is 39.2 Å². The molecule has 0 N–H and O–H groups in total. The molecule has 5 aliphatic rings. The lowest BCUT2D eigenvalue weighted by Gasteiger charge is -2.59. The van der Waals surface area contributed by atoms with E-state index in [0.717, 1.165) is 11.8 Å². The van der Waals surface area contributed by atoms with Gasteiger partial charge >= 0.3 is 0 Å². The van der Waals surface area contributed by atoms with E-state index in [9.17, 15) is 0 Å². The van der Waals surface area contributed by atoms with Crippen LogP contribution in [-0.2, 0) is 32.5 Å². The molecular weight excluding hydrogens is 747 g/mol. The third-order valence-electron chi connectivity index (χ3n) is 15.3. The van der Waals surface area contributed by atoms with Crippen LogP contribution < -0.4 is 26.2 Å². The number of rotatable bonds is 3. The number of anilines is 6. The first-order valence-corrected chi connectivity index (χ1v) is 23.9. The molecule has 0 unspecified atom stereocenters. The Balaban J connectivity index is 1.44. The van der Waals surface area contributed by atoms with E-state index in [1.54, 1.807) is 0 Å². The molecule has 2 aliphatic heterocycles. The summed E-state index contributed by atoms with van der Waals surface area (Å²) >= 11 is 0. The predicted molar refractivity (Wildman–Crippen MR) is 272 cm³/mol. The van der Waals surface area contributed by atoms with Crippen molar-refractivity contribution in [2.45, 2.75) is 176 Å². The summed E-state index contributed by atoms with van der Waals surface area (Å²) in [6.07, 6.45) is 2.77. The van der Waals surface area contributed by atoms with Crippen LogP contribution in [0.3, 0.4) is 0 Å². The molecule has 0 radical (unpaired) electrons. The molecule has 0 aromatic heterocycles. The van der Waals surface area contributed by atoms with Crippen molar-refractivity contribution in [3.63, 3.8) is 0 Å². The second-order valence-corrected chi connectivity index (χ2v) is 26.2. The minimum atomic E-state index is -0.0117. The van der Waals surface area contributed by atoms with Crippen molar-refractivity contribution < 1.29 is 0 Å². The zero-order valence-corrected chi connectivity index (χ0v) is 41.7. The van der Waals surface area contributed by atoms with E-state index < -0.39 is 0 Å². The van der Waals surface area contributed by atoms with Gasteiger partial charge in [0.05, 0.1) is 0 Å². The summed E-state index contributed by atoms with van der Waals surface area (Å²) in [6, 6.07) is 35.4. The molecule has 324 valence electrons. The maximum absolute atomic E-state index is 2.72. The highest BCUT2D eigenvalue weighted by molar-refractivity contribution is 7.00. The van der Waals surface area contributed by atoms with Crippen molar-refractivity contribution >= 4 is 57.2 Å².